The third kappa shape index (κ3) is 2.88. The summed E-state index contributed by atoms with van der Waals surface area (Å²) in [5.74, 6) is 0.721. The van der Waals surface area contributed by atoms with Crippen molar-refractivity contribution in [2.24, 2.45) is 5.73 Å². The molecule has 3 N–H and O–H groups in total. The minimum Gasteiger partial charge on any atom is -0.495 e. The predicted molar refractivity (Wildman–Crippen MR) is 71.3 cm³/mol. The molecule has 0 radical (unpaired) electrons. The molecular weight excluding hydrogens is 258 g/mol. The van der Waals surface area contributed by atoms with Crippen LogP contribution in [0.3, 0.4) is 0 Å². The fraction of sp³-hybridized carbons (Fsp3) is 0.182. The van der Waals surface area contributed by atoms with Crippen molar-refractivity contribution >= 4 is 33.8 Å². The first-order valence-electron chi connectivity index (χ1n) is 4.98. The van der Waals surface area contributed by atoms with Crippen LogP contribution >= 0.6 is 22.9 Å². The Morgan fingerprint density at radius 2 is 2.35 bits per heavy atom. The van der Waals surface area contributed by atoms with Crippen molar-refractivity contribution in [2.45, 2.75) is 6.54 Å². The lowest BCUT2D eigenvalue weighted by molar-refractivity contribution is 0.417. The van der Waals surface area contributed by atoms with E-state index in [4.69, 9.17) is 22.1 Å². The van der Waals surface area contributed by atoms with Gasteiger partial charge in [-0.3, -0.25) is 0 Å². The Balaban J connectivity index is 2.25. The number of halogens is 1. The summed E-state index contributed by atoms with van der Waals surface area (Å²) >= 11 is 7.45. The van der Waals surface area contributed by atoms with Crippen molar-refractivity contribution in [3.05, 3.63) is 34.3 Å². The highest BCUT2D eigenvalue weighted by Gasteiger charge is 2.06. The van der Waals surface area contributed by atoms with E-state index in [0.29, 0.717) is 11.6 Å². The van der Waals surface area contributed by atoms with Gasteiger partial charge in [-0.15, -0.1) is 11.3 Å². The molecule has 1 heterocycles. The van der Waals surface area contributed by atoms with Gasteiger partial charge in [0.15, 0.2) is 5.13 Å². The van der Waals surface area contributed by atoms with Crippen LogP contribution in [0.25, 0.3) is 0 Å². The standard InChI is InChI=1S/C11H12ClN3OS/c1-16-10-3-2-7(12)4-9(10)15-11-14-6-8(5-13)17-11/h2-4,6H,5,13H2,1H3,(H,14,15). The Hall–Kier alpha value is -1.30. The summed E-state index contributed by atoms with van der Waals surface area (Å²) in [5.41, 5.74) is 6.32. The van der Waals surface area contributed by atoms with Gasteiger partial charge in [0.2, 0.25) is 0 Å². The van der Waals surface area contributed by atoms with E-state index in [9.17, 15) is 0 Å². The summed E-state index contributed by atoms with van der Waals surface area (Å²) in [6, 6.07) is 5.38. The van der Waals surface area contributed by atoms with Crippen molar-refractivity contribution < 1.29 is 4.74 Å². The lowest BCUT2D eigenvalue weighted by Crippen LogP contribution is -1.93. The Morgan fingerprint density at radius 1 is 1.53 bits per heavy atom. The van der Waals surface area contributed by atoms with Crippen LogP contribution in [-0.4, -0.2) is 12.1 Å². The van der Waals surface area contributed by atoms with Crippen LogP contribution < -0.4 is 15.8 Å². The highest BCUT2D eigenvalue weighted by atomic mass is 35.5. The lowest BCUT2D eigenvalue weighted by atomic mass is 10.3. The third-order valence-electron chi connectivity index (χ3n) is 2.16. The van der Waals surface area contributed by atoms with Crippen LogP contribution in [0, 0.1) is 0 Å². The summed E-state index contributed by atoms with van der Waals surface area (Å²) < 4.78 is 5.24. The van der Waals surface area contributed by atoms with Crippen molar-refractivity contribution in [2.75, 3.05) is 12.4 Å². The van der Waals surface area contributed by atoms with Gasteiger partial charge < -0.3 is 15.8 Å². The van der Waals surface area contributed by atoms with Gasteiger partial charge in [-0.25, -0.2) is 4.98 Å². The van der Waals surface area contributed by atoms with Crippen molar-refractivity contribution in [1.29, 1.82) is 0 Å². The number of hydrogen-bond donors (Lipinski definition) is 2. The Labute approximate surface area is 108 Å². The zero-order chi connectivity index (χ0) is 12.3. The first kappa shape index (κ1) is 12.2. The quantitative estimate of drug-likeness (QED) is 0.896. The average Bonchev–Trinajstić information content (AvgIpc) is 2.77. The van der Waals surface area contributed by atoms with E-state index >= 15 is 0 Å². The number of nitrogens with zero attached hydrogens (tertiary/aromatic N) is 1. The Morgan fingerprint density at radius 3 is 3.00 bits per heavy atom. The number of anilines is 2. The van der Waals surface area contributed by atoms with Gasteiger partial charge in [-0.1, -0.05) is 11.6 Å². The zero-order valence-corrected chi connectivity index (χ0v) is 10.8. The molecule has 0 atom stereocenters. The topological polar surface area (TPSA) is 60.2 Å². The number of nitrogens with two attached hydrogens (primary N) is 1. The summed E-state index contributed by atoms with van der Waals surface area (Å²) in [4.78, 5) is 5.24. The molecular formula is C11H12ClN3OS. The maximum absolute atomic E-state index is 5.94. The van der Waals surface area contributed by atoms with Crippen molar-refractivity contribution in [3.63, 3.8) is 0 Å². The number of nitrogens with one attached hydrogen (secondary N) is 1. The van der Waals surface area contributed by atoms with Gasteiger partial charge in [-0.05, 0) is 18.2 Å². The van der Waals surface area contributed by atoms with Crippen LogP contribution in [0.1, 0.15) is 4.88 Å². The van der Waals surface area contributed by atoms with Crippen LogP contribution in [0.4, 0.5) is 10.8 Å². The smallest absolute Gasteiger partial charge is 0.187 e. The monoisotopic (exact) mass is 269 g/mol. The predicted octanol–water partition coefficient (Wildman–Crippen LogP) is 3.01. The highest BCUT2D eigenvalue weighted by molar-refractivity contribution is 7.15. The maximum Gasteiger partial charge on any atom is 0.187 e. The van der Waals surface area contributed by atoms with Crippen LogP contribution in [0.5, 0.6) is 5.75 Å². The van der Waals surface area contributed by atoms with E-state index < -0.39 is 0 Å². The number of ether oxygens (including phenoxy) is 1. The Bertz CT molecular complexity index is 515. The number of benzene rings is 1. The minimum atomic E-state index is 0.492. The van der Waals surface area contributed by atoms with E-state index in [-0.39, 0.29) is 0 Å². The molecule has 0 amide bonds. The zero-order valence-electron chi connectivity index (χ0n) is 9.24. The maximum atomic E-state index is 5.94. The van der Waals surface area contributed by atoms with Crippen LogP contribution in [-0.2, 0) is 6.54 Å². The third-order valence-corrected chi connectivity index (χ3v) is 3.33. The van der Waals surface area contributed by atoms with Gasteiger partial charge in [-0.2, -0.15) is 0 Å². The number of hydrogen-bond acceptors (Lipinski definition) is 5. The molecule has 0 aliphatic rings. The van der Waals surface area contributed by atoms with E-state index in [2.05, 4.69) is 10.3 Å². The molecule has 17 heavy (non-hydrogen) atoms. The molecule has 2 aromatic rings. The van der Waals surface area contributed by atoms with E-state index in [1.54, 1.807) is 25.4 Å². The molecule has 0 saturated heterocycles. The molecule has 0 bridgehead atoms. The molecule has 0 spiro atoms. The molecule has 0 aliphatic carbocycles. The molecule has 0 unspecified atom stereocenters. The van der Waals surface area contributed by atoms with Gasteiger partial charge >= 0.3 is 0 Å². The molecule has 1 aromatic heterocycles. The SMILES string of the molecule is COc1ccc(Cl)cc1Nc1ncc(CN)s1. The van der Waals surface area contributed by atoms with E-state index in [1.807, 2.05) is 6.07 Å². The fourth-order valence-corrected chi connectivity index (χ4v) is 2.23. The normalized spacial score (nSPS) is 10.3. The summed E-state index contributed by atoms with van der Waals surface area (Å²) in [6.45, 7) is 0.492. The molecule has 90 valence electrons. The summed E-state index contributed by atoms with van der Waals surface area (Å²) in [5, 5.41) is 4.57. The molecule has 4 nitrogen and oxygen atoms in total. The van der Waals surface area contributed by atoms with E-state index in [1.165, 1.54) is 11.3 Å². The van der Waals surface area contributed by atoms with E-state index in [0.717, 1.165) is 21.4 Å². The molecule has 0 fully saturated rings. The fourth-order valence-electron chi connectivity index (χ4n) is 1.35. The minimum absolute atomic E-state index is 0.492. The molecule has 0 saturated carbocycles. The first-order valence-corrected chi connectivity index (χ1v) is 6.17. The number of rotatable bonds is 4. The summed E-state index contributed by atoms with van der Waals surface area (Å²) in [6.07, 6.45) is 1.75. The lowest BCUT2D eigenvalue weighted by Gasteiger charge is -2.09. The number of thiazole rings is 1. The number of aromatic nitrogens is 1. The van der Waals surface area contributed by atoms with Gasteiger partial charge in [0.25, 0.3) is 0 Å². The second-order valence-electron chi connectivity index (χ2n) is 3.31. The van der Waals surface area contributed by atoms with Crippen molar-refractivity contribution in [3.8, 4) is 5.75 Å². The van der Waals surface area contributed by atoms with Gasteiger partial charge in [0.1, 0.15) is 5.75 Å². The molecule has 2 rings (SSSR count). The first-order chi connectivity index (χ1) is 8.22. The molecule has 0 aliphatic heterocycles. The van der Waals surface area contributed by atoms with Gasteiger partial charge in [0.05, 0.1) is 12.8 Å². The molecule has 1 aromatic carbocycles. The molecule has 6 heteroatoms. The summed E-state index contributed by atoms with van der Waals surface area (Å²) in [7, 11) is 1.61. The van der Waals surface area contributed by atoms with Crippen LogP contribution in [0.2, 0.25) is 5.02 Å². The average molecular weight is 270 g/mol. The second kappa shape index (κ2) is 5.35. The van der Waals surface area contributed by atoms with Crippen molar-refractivity contribution in [1.82, 2.24) is 4.98 Å². The Kier molecular flexibility index (Phi) is 3.83. The number of methoxy groups -OCH3 is 1. The second-order valence-corrected chi connectivity index (χ2v) is 4.86. The largest absolute Gasteiger partial charge is 0.495 e. The highest BCUT2D eigenvalue weighted by Crippen LogP contribution is 2.31. The van der Waals surface area contributed by atoms with Gasteiger partial charge in [0, 0.05) is 22.6 Å². The van der Waals surface area contributed by atoms with Crippen LogP contribution in [0.15, 0.2) is 24.4 Å².